The van der Waals surface area contributed by atoms with Crippen LogP contribution in [0.3, 0.4) is 0 Å². The van der Waals surface area contributed by atoms with E-state index in [2.05, 4.69) is 0 Å². The van der Waals surface area contributed by atoms with Gasteiger partial charge in [-0.2, -0.15) is 0 Å². The van der Waals surface area contributed by atoms with E-state index in [1.165, 1.54) is 11.8 Å². The molecule has 0 bridgehead atoms. The Labute approximate surface area is 76.0 Å². The van der Waals surface area contributed by atoms with E-state index < -0.39 is 5.60 Å². The van der Waals surface area contributed by atoms with Crippen LogP contribution in [-0.4, -0.2) is 34.3 Å². The molecule has 1 fully saturated rings. The molecule has 70 valence electrons. The Morgan fingerprint density at radius 3 is 3.00 bits per heavy atom. The fourth-order valence-corrected chi connectivity index (χ4v) is 2.00. The van der Waals surface area contributed by atoms with E-state index in [9.17, 15) is 5.11 Å². The summed E-state index contributed by atoms with van der Waals surface area (Å²) in [6.45, 7) is 2.90. The quantitative estimate of drug-likeness (QED) is 0.342. The number of nitrogens with two attached hydrogens (primary N) is 2. The highest BCUT2D eigenvalue weighted by atomic mass is 32.2. The van der Waals surface area contributed by atoms with Gasteiger partial charge in [-0.3, -0.25) is 11.1 Å². The molecule has 12 heavy (non-hydrogen) atoms. The van der Waals surface area contributed by atoms with Crippen LogP contribution in [0, 0.1) is 0 Å². The van der Waals surface area contributed by atoms with Gasteiger partial charge in [-0.05, 0) is 18.7 Å². The lowest BCUT2D eigenvalue weighted by Crippen LogP contribution is -2.50. The molecule has 0 aromatic carbocycles. The molecule has 1 aliphatic rings. The summed E-state index contributed by atoms with van der Waals surface area (Å²) in [5.74, 6) is 0. The summed E-state index contributed by atoms with van der Waals surface area (Å²) < 4.78 is 5.21. The van der Waals surface area contributed by atoms with E-state index in [4.69, 9.17) is 15.9 Å². The normalized spacial score (nSPS) is 36.3. The molecular weight excluding hydrogens is 176 g/mol. The van der Waals surface area contributed by atoms with Crippen molar-refractivity contribution in [2.45, 2.75) is 24.2 Å². The number of ether oxygens (including phenoxy) is 1. The third kappa shape index (κ3) is 2.36. The topological polar surface area (TPSA) is 81.1 Å². The van der Waals surface area contributed by atoms with Gasteiger partial charge in [-0.25, -0.2) is 0 Å². The Morgan fingerprint density at radius 1 is 1.83 bits per heavy atom. The van der Waals surface area contributed by atoms with E-state index >= 15 is 0 Å². The highest BCUT2D eigenvalue weighted by Gasteiger charge is 2.37. The molecule has 0 aromatic rings. The van der Waals surface area contributed by atoms with Crippen LogP contribution in [0.4, 0.5) is 0 Å². The van der Waals surface area contributed by atoms with Crippen molar-refractivity contribution in [3.05, 3.63) is 0 Å². The highest BCUT2D eigenvalue weighted by Crippen LogP contribution is 2.29. The Balaban J connectivity index is 2.54. The predicted octanol–water partition coefficient (Wildman–Crippen LogP) is -1.67. The first-order valence-electron chi connectivity index (χ1n) is 3.87. The maximum atomic E-state index is 9.86. The maximum absolute atomic E-state index is 9.86. The van der Waals surface area contributed by atoms with Gasteiger partial charge in [0.25, 0.3) is 5.17 Å². The van der Waals surface area contributed by atoms with Gasteiger partial charge < -0.3 is 9.84 Å². The summed E-state index contributed by atoms with van der Waals surface area (Å²) >= 11 is 1.28. The first kappa shape index (κ1) is 9.83. The van der Waals surface area contributed by atoms with Crippen LogP contribution < -0.4 is 11.1 Å². The molecule has 1 rings (SSSR count). The molecule has 1 heterocycles. The van der Waals surface area contributed by atoms with Crippen molar-refractivity contribution in [3.8, 4) is 0 Å². The molecule has 2 atom stereocenters. The number of hydrogen-bond acceptors (Lipinski definition) is 3. The Hall–Kier alpha value is -0.260. The monoisotopic (exact) mass is 191 g/mol. The first-order chi connectivity index (χ1) is 5.52. The minimum absolute atomic E-state index is 0.0451. The van der Waals surface area contributed by atoms with E-state index in [1.54, 1.807) is 6.92 Å². The molecule has 0 amide bonds. The average molecular weight is 191 g/mol. The maximum Gasteiger partial charge on any atom is 0.300 e. The molecule has 0 aromatic heterocycles. The summed E-state index contributed by atoms with van der Waals surface area (Å²) in [6.07, 6.45) is 0.637. The lowest BCUT2D eigenvalue weighted by atomic mass is 9.97. The minimum Gasteiger partial charge on any atom is -0.389 e. The standard InChI is InChI=1S/C7H14N2O2S/c1-7(10)2-3-11-4-5(7)12-6(8)9/h5,10H,2-4H2,1H3,(H3,8,9)/p+1/t5-,7-/m0/s1. The molecule has 0 radical (unpaired) electrons. The molecule has 0 saturated carbocycles. The third-order valence-corrected chi connectivity index (χ3v) is 3.19. The Kier molecular flexibility index (Phi) is 2.98. The van der Waals surface area contributed by atoms with Gasteiger partial charge in [0.1, 0.15) is 0 Å². The largest absolute Gasteiger partial charge is 0.389 e. The summed E-state index contributed by atoms with van der Waals surface area (Å²) in [5, 5.41) is 15.4. The number of rotatable bonds is 1. The van der Waals surface area contributed by atoms with Crippen molar-refractivity contribution >= 4 is 16.9 Å². The van der Waals surface area contributed by atoms with Gasteiger partial charge in [0.2, 0.25) is 0 Å². The van der Waals surface area contributed by atoms with Crippen LogP contribution in [0.5, 0.6) is 0 Å². The fourth-order valence-electron chi connectivity index (χ4n) is 1.13. The van der Waals surface area contributed by atoms with Crippen molar-refractivity contribution in [2.75, 3.05) is 13.2 Å². The second kappa shape index (κ2) is 3.64. The van der Waals surface area contributed by atoms with Crippen molar-refractivity contribution in [1.29, 1.82) is 0 Å². The molecule has 5 heteroatoms. The van der Waals surface area contributed by atoms with Gasteiger partial charge in [0.05, 0.1) is 17.5 Å². The number of thioether (sulfide) groups is 1. The van der Waals surface area contributed by atoms with Crippen LogP contribution in [-0.2, 0) is 4.74 Å². The SMILES string of the molecule is C[C@]1(O)CCOC[C@@H]1SC(N)=[NH2+]. The number of amidine groups is 1. The highest BCUT2D eigenvalue weighted by molar-refractivity contribution is 8.14. The zero-order valence-electron chi connectivity index (χ0n) is 7.12. The second-order valence-electron chi connectivity index (χ2n) is 3.19. The lowest BCUT2D eigenvalue weighted by Gasteiger charge is -2.35. The van der Waals surface area contributed by atoms with Crippen LogP contribution >= 0.6 is 11.8 Å². The lowest BCUT2D eigenvalue weighted by molar-refractivity contribution is -0.110. The van der Waals surface area contributed by atoms with E-state index in [-0.39, 0.29) is 10.4 Å². The third-order valence-electron chi connectivity index (χ3n) is 1.99. The molecule has 0 unspecified atom stereocenters. The first-order valence-corrected chi connectivity index (χ1v) is 4.75. The van der Waals surface area contributed by atoms with Crippen LogP contribution in [0.2, 0.25) is 0 Å². The van der Waals surface area contributed by atoms with Gasteiger partial charge in [-0.15, -0.1) is 0 Å². The summed E-state index contributed by atoms with van der Waals surface area (Å²) in [4.78, 5) is 0. The van der Waals surface area contributed by atoms with Crippen LogP contribution in [0.15, 0.2) is 0 Å². The van der Waals surface area contributed by atoms with Crippen LogP contribution in [0.25, 0.3) is 0 Å². The van der Waals surface area contributed by atoms with Crippen molar-refractivity contribution < 1.29 is 15.3 Å². The van der Waals surface area contributed by atoms with Crippen LogP contribution in [0.1, 0.15) is 13.3 Å². The average Bonchev–Trinajstić information content (AvgIpc) is 1.92. The smallest absolute Gasteiger partial charge is 0.300 e. The van der Waals surface area contributed by atoms with E-state index in [0.29, 0.717) is 19.6 Å². The van der Waals surface area contributed by atoms with E-state index in [1.807, 2.05) is 0 Å². The van der Waals surface area contributed by atoms with Gasteiger partial charge >= 0.3 is 0 Å². The van der Waals surface area contributed by atoms with Gasteiger partial charge in [0.15, 0.2) is 0 Å². The van der Waals surface area contributed by atoms with Gasteiger partial charge in [0, 0.05) is 13.0 Å². The second-order valence-corrected chi connectivity index (χ2v) is 4.47. The van der Waals surface area contributed by atoms with Gasteiger partial charge in [-0.1, -0.05) is 0 Å². The van der Waals surface area contributed by atoms with E-state index in [0.717, 1.165) is 0 Å². The molecule has 1 aliphatic heterocycles. The summed E-state index contributed by atoms with van der Waals surface area (Å²) in [5.41, 5.74) is 4.62. The Morgan fingerprint density at radius 2 is 2.50 bits per heavy atom. The number of hydrogen-bond donors (Lipinski definition) is 3. The molecular formula is C7H15N2O2S+. The zero-order valence-corrected chi connectivity index (χ0v) is 7.93. The van der Waals surface area contributed by atoms with Crippen molar-refractivity contribution in [1.82, 2.24) is 0 Å². The zero-order chi connectivity index (χ0) is 9.19. The molecule has 5 N–H and O–H groups in total. The molecule has 0 spiro atoms. The molecule has 1 saturated heterocycles. The number of aliphatic hydroxyl groups is 1. The van der Waals surface area contributed by atoms with Crippen molar-refractivity contribution in [2.24, 2.45) is 5.73 Å². The Bertz CT molecular complexity index is 184. The molecule has 4 nitrogen and oxygen atoms in total. The predicted molar refractivity (Wildman–Crippen MR) is 48.6 cm³/mol. The summed E-state index contributed by atoms with van der Waals surface area (Å²) in [7, 11) is 0. The summed E-state index contributed by atoms with van der Waals surface area (Å²) in [6, 6.07) is 0. The molecule has 0 aliphatic carbocycles. The minimum atomic E-state index is -0.715. The van der Waals surface area contributed by atoms with Crippen molar-refractivity contribution in [3.63, 3.8) is 0 Å². The fraction of sp³-hybridized carbons (Fsp3) is 0.857.